The molecule has 2 N–H and O–H groups in total. The van der Waals surface area contributed by atoms with Gasteiger partial charge in [-0.3, -0.25) is 4.40 Å². The summed E-state index contributed by atoms with van der Waals surface area (Å²) in [6, 6.07) is 0. The van der Waals surface area contributed by atoms with Gasteiger partial charge in [0, 0.05) is 12.4 Å². The van der Waals surface area contributed by atoms with Gasteiger partial charge >= 0.3 is 0 Å². The van der Waals surface area contributed by atoms with Gasteiger partial charge in [0.25, 0.3) is 5.88 Å². The predicted molar refractivity (Wildman–Crippen MR) is 53.2 cm³/mol. The van der Waals surface area contributed by atoms with Gasteiger partial charge in [-0.1, -0.05) is 0 Å². The van der Waals surface area contributed by atoms with Crippen molar-refractivity contribution in [2.24, 2.45) is 0 Å². The average Bonchev–Trinajstić information content (AvgIpc) is 2.50. The molecule has 0 aliphatic carbocycles. The van der Waals surface area contributed by atoms with Crippen molar-refractivity contribution >= 4 is 11.5 Å². The third-order valence-corrected chi connectivity index (χ3v) is 1.71. The topological polar surface area (TPSA) is 65.4 Å². The number of nitrogens with zero attached hydrogens (tertiary/aromatic N) is 3. The molecule has 14 heavy (non-hydrogen) atoms. The van der Waals surface area contributed by atoms with Gasteiger partial charge in [-0.15, -0.1) is 0 Å². The molecule has 2 rings (SSSR count). The SMILES string of the molecule is CC(C)Oc1nc(N)cn2ccnc12. The monoisotopic (exact) mass is 192 g/mol. The number of rotatable bonds is 2. The van der Waals surface area contributed by atoms with Gasteiger partial charge < -0.3 is 10.5 Å². The molecule has 74 valence electrons. The van der Waals surface area contributed by atoms with Crippen LogP contribution < -0.4 is 10.5 Å². The molecule has 2 aromatic rings. The minimum Gasteiger partial charge on any atom is -0.472 e. The van der Waals surface area contributed by atoms with E-state index >= 15 is 0 Å². The van der Waals surface area contributed by atoms with E-state index in [-0.39, 0.29) is 6.10 Å². The van der Waals surface area contributed by atoms with Gasteiger partial charge in [0.05, 0.1) is 12.3 Å². The molecule has 0 unspecified atom stereocenters. The number of anilines is 1. The highest BCUT2D eigenvalue weighted by Gasteiger charge is 2.08. The van der Waals surface area contributed by atoms with Crippen LogP contribution in [0.15, 0.2) is 18.6 Å². The Morgan fingerprint density at radius 1 is 1.50 bits per heavy atom. The van der Waals surface area contributed by atoms with Crippen molar-refractivity contribution in [1.82, 2.24) is 14.4 Å². The van der Waals surface area contributed by atoms with E-state index in [9.17, 15) is 0 Å². The molecule has 5 heteroatoms. The summed E-state index contributed by atoms with van der Waals surface area (Å²) in [5.74, 6) is 0.899. The van der Waals surface area contributed by atoms with Crippen LogP contribution in [0, 0.1) is 0 Å². The number of aromatic nitrogens is 3. The minimum atomic E-state index is 0.0600. The first-order valence-electron chi connectivity index (χ1n) is 4.42. The van der Waals surface area contributed by atoms with E-state index in [4.69, 9.17) is 10.5 Å². The Labute approximate surface area is 81.5 Å². The summed E-state index contributed by atoms with van der Waals surface area (Å²) in [6.07, 6.45) is 5.25. The molecule has 0 saturated heterocycles. The summed E-state index contributed by atoms with van der Waals surface area (Å²) in [5, 5.41) is 0. The number of nitrogen functional groups attached to an aromatic ring is 1. The lowest BCUT2D eigenvalue weighted by atomic mass is 10.5. The molecular weight excluding hydrogens is 180 g/mol. The molecule has 0 fully saturated rings. The van der Waals surface area contributed by atoms with Crippen LogP contribution in [0.5, 0.6) is 5.88 Å². The first-order valence-corrected chi connectivity index (χ1v) is 4.42. The van der Waals surface area contributed by atoms with Crippen LogP contribution in [0.2, 0.25) is 0 Å². The number of fused-ring (bicyclic) bond motifs is 1. The Balaban J connectivity index is 2.55. The Hall–Kier alpha value is -1.78. The van der Waals surface area contributed by atoms with Crippen molar-refractivity contribution < 1.29 is 4.74 Å². The third kappa shape index (κ3) is 1.48. The van der Waals surface area contributed by atoms with Crippen molar-refractivity contribution in [1.29, 1.82) is 0 Å². The quantitative estimate of drug-likeness (QED) is 0.773. The number of hydrogen-bond donors (Lipinski definition) is 1. The zero-order valence-corrected chi connectivity index (χ0v) is 8.14. The van der Waals surface area contributed by atoms with Gasteiger partial charge in [-0.2, -0.15) is 4.98 Å². The van der Waals surface area contributed by atoms with Crippen LogP contribution in [0.25, 0.3) is 5.65 Å². The first-order chi connectivity index (χ1) is 6.66. The van der Waals surface area contributed by atoms with Crippen molar-refractivity contribution in [2.45, 2.75) is 20.0 Å². The molecular formula is C9H12N4O. The van der Waals surface area contributed by atoms with Crippen molar-refractivity contribution in [2.75, 3.05) is 5.73 Å². The Bertz CT molecular complexity index is 449. The van der Waals surface area contributed by atoms with Crippen LogP contribution in [-0.4, -0.2) is 20.5 Å². The molecule has 5 nitrogen and oxygen atoms in total. The average molecular weight is 192 g/mol. The molecule has 2 heterocycles. The maximum Gasteiger partial charge on any atom is 0.260 e. The first kappa shape index (κ1) is 8.80. The fraction of sp³-hybridized carbons (Fsp3) is 0.333. The summed E-state index contributed by atoms with van der Waals surface area (Å²) < 4.78 is 7.28. The standard InChI is InChI=1S/C9H12N4O/c1-6(2)14-9-8-11-3-4-13(8)5-7(10)12-9/h3-6H,10H2,1-2H3. The van der Waals surface area contributed by atoms with Gasteiger partial charge in [-0.25, -0.2) is 4.98 Å². The lowest BCUT2D eigenvalue weighted by Crippen LogP contribution is -2.09. The van der Waals surface area contributed by atoms with Crippen LogP contribution in [-0.2, 0) is 0 Å². The van der Waals surface area contributed by atoms with Crippen molar-refractivity contribution in [3.8, 4) is 5.88 Å². The van der Waals surface area contributed by atoms with E-state index in [0.29, 0.717) is 17.3 Å². The van der Waals surface area contributed by atoms with E-state index in [2.05, 4.69) is 9.97 Å². The van der Waals surface area contributed by atoms with E-state index in [1.165, 1.54) is 0 Å². The minimum absolute atomic E-state index is 0.0600. The van der Waals surface area contributed by atoms with Crippen LogP contribution >= 0.6 is 0 Å². The highest BCUT2D eigenvalue weighted by atomic mass is 16.5. The summed E-state index contributed by atoms with van der Waals surface area (Å²) in [5.41, 5.74) is 6.31. The number of nitrogens with two attached hydrogens (primary N) is 1. The lowest BCUT2D eigenvalue weighted by molar-refractivity contribution is 0.235. The Morgan fingerprint density at radius 3 is 3.00 bits per heavy atom. The zero-order valence-electron chi connectivity index (χ0n) is 8.14. The van der Waals surface area contributed by atoms with Crippen LogP contribution in [0.1, 0.15) is 13.8 Å². The molecule has 0 spiro atoms. The van der Waals surface area contributed by atoms with Gasteiger partial charge in [0.1, 0.15) is 5.82 Å². The molecule has 0 saturated carbocycles. The molecule has 0 bridgehead atoms. The third-order valence-electron chi connectivity index (χ3n) is 1.71. The number of imidazole rings is 1. The number of hydrogen-bond acceptors (Lipinski definition) is 4. The molecule has 2 aromatic heterocycles. The maximum atomic E-state index is 5.62. The number of ether oxygens (including phenoxy) is 1. The summed E-state index contributed by atoms with van der Waals surface area (Å²) in [7, 11) is 0. The fourth-order valence-corrected chi connectivity index (χ4v) is 1.22. The Morgan fingerprint density at radius 2 is 2.29 bits per heavy atom. The zero-order chi connectivity index (χ0) is 10.1. The van der Waals surface area contributed by atoms with E-state index in [0.717, 1.165) is 0 Å². The molecule has 0 radical (unpaired) electrons. The lowest BCUT2D eigenvalue weighted by Gasteiger charge is -2.09. The van der Waals surface area contributed by atoms with Crippen molar-refractivity contribution in [3.63, 3.8) is 0 Å². The van der Waals surface area contributed by atoms with E-state index < -0.39 is 0 Å². The predicted octanol–water partition coefficient (Wildman–Crippen LogP) is 1.10. The molecule has 0 aromatic carbocycles. The van der Waals surface area contributed by atoms with Gasteiger partial charge in [0.2, 0.25) is 5.65 Å². The van der Waals surface area contributed by atoms with Crippen molar-refractivity contribution in [3.05, 3.63) is 18.6 Å². The second kappa shape index (κ2) is 3.17. The highest BCUT2D eigenvalue weighted by Crippen LogP contribution is 2.17. The maximum absolute atomic E-state index is 5.62. The second-order valence-electron chi connectivity index (χ2n) is 3.30. The molecule has 0 amide bonds. The van der Waals surface area contributed by atoms with Crippen LogP contribution in [0.4, 0.5) is 5.82 Å². The summed E-state index contributed by atoms with van der Waals surface area (Å²) >= 11 is 0. The van der Waals surface area contributed by atoms with Crippen LogP contribution in [0.3, 0.4) is 0 Å². The van der Waals surface area contributed by atoms with E-state index in [1.807, 2.05) is 13.8 Å². The van der Waals surface area contributed by atoms with Gasteiger partial charge in [-0.05, 0) is 13.8 Å². The second-order valence-corrected chi connectivity index (χ2v) is 3.30. The largest absolute Gasteiger partial charge is 0.472 e. The molecule has 0 aliphatic rings. The molecule has 0 aliphatic heterocycles. The summed E-state index contributed by atoms with van der Waals surface area (Å²) in [4.78, 5) is 8.22. The molecule has 0 atom stereocenters. The normalized spacial score (nSPS) is 11.1. The Kier molecular flexibility index (Phi) is 1.99. The van der Waals surface area contributed by atoms with Gasteiger partial charge in [0.15, 0.2) is 0 Å². The fourth-order valence-electron chi connectivity index (χ4n) is 1.22. The highest BCUT2D eigenvalue weighted by molar-refractivity contribution is 5.52. The van der Waals surface area contributed by atoms with E-state index in [1.54, 1.807) is 23.0 Å². The summed E-state index contributed by atoms with van der Waals surface area (Å²) in [6.45, 7) is 3.87. The smallest absolute Gasteiger partial charge is 0.260 e.